The minimum Gasteiger partial charge on any atom is -0.396 e. The normalized spacial score (nSPS) is 14.6. The Morgan fingerprint density at radius 2 is 2.18 bits per heavy atom. The van der Waals surface area contributed by atoms with Crippen molar-refractivity contribution in [3.05, 3.63) is 23.9 Å². The molecule has 1 aromatic rings. The summed E-state index contributed by atoms with van der Waals surface area (Å²) >= 11 is 1.70. The average Bonchev–Trinajstić information content (AvgIpc) is 2.36. The topological polar surface area (TPSA) is 45.1 Å². The molecule has 0 amide bonds. The minimum atomic E-state index is 0.239. The Hall–Kier alpha value is -0.580. The van der Waals surface area contributed by atoms with E-state index in [1.165, 1.54) is 5.56 Å². The summed E-state index contributed by atoms with van der Waals surface area (Å²) in [5, 5.41) is 13.3. The fourth-order valence-electron chi connectivity index (χ4n) is 1.44. The molecule has 96 valence electrons. The first-order valence-corrected chi connectivity index (χ1v) is 7.08. The van der Waals surface area contributed by atoms with Crippen LogP contribution in [0, 0.1) is 5.92 Å². The summed E-state index contributed by atoms with van der Waals surface area (Å²) in [5.41, 5.74) is 1.21. The molecule has 17 heavy (non-hydrogen) atoms. The number of aliphatic hydroxyl groups is 1. The number of nitrogens with one attached hydrogen (secondary N) is 1. The monoisotopic (exact) mass is 254 g/mol. The summed E-state index contributed by atoms with van der Waals surface area (Å²) in [4.78, 5) is 4.43. The van der Waals surface area contributed by atoms with Crippen LogP contribution in [0.4, 0.5) is 0 Å². The van der Waals surface area contributed by atoms with Crippen LogP contribution in [0.2, 0.25) is 0 Å². The van der Waals surface area contributed by atoms with Gasteiger partial charge < -0.3 is 10.4 Å². The Labute approximate surface area is 108 Å². The van der Waals surface area contributed by atoms with Crippen molar-refractivity contribution in [1.29, 1.82) is 0 Å². The number of hydrogen-bond donors (Lipinski definition) is 2. The van der Waals surface area contributed by atoms with Crippen molar-refractivity contribution in [2.75, 3.05) is 18.9 Å². The van der Waals surface area contributed by atoms with Crippen LogP contribution in [-0.2, 0) is 0 Å². The van der Waals surface area contributed by atoms with Crippen molar-refractivity contribution in [2.45, 2.75) is 31.8 Å². The van der Waals surface area contributed by atoms with E-state index < -0.39 is 0 Å². The SMILES string of the molecule is CCNC(C)c1ccc(SCC(C)CO)nc1. The third kappa shape index (κ3) is 5.06. The highest BCUT2D eigenvalue weighted by Crippen LogP contribution is 2.20. The first-order chi connectivity index (χ1) is 8.17. The largest absolute Gasteiger partial charge is 0.396 e. The van der Waals surface area contributed by atoms with Crippen molar-refractivity contribution in [1.82, 2.24) is 10.3 Å². The summed E-state index contributed by atoms with van der Waals surface area (Å²) in [5.74, 6) is 1.23. The molecule has 4 heteroatoms. The second-order valence-electron chi connectivity index (χ2n) is 4.31. The van der Waals surface area contributed by atoms with Crippen LogP contribution in [-0.4, -0.2) is 29.0 Å². The second-order valence-corrected chi connectivity index (χ2v) is 5.35. The van der Waals surface area contributed by atoms with E-state index in [4.69, 9.17) is 5.11 Å². The van der Waals surface area contributed by atoms with Crippen LogP contribution in [0.15, 0.2) is 23.4 Å². The van der Waals surface area contributed by atoms with Gasteiger partial charge in [0.15, 0.2) is 0 Å². The van der Waals surface area contributed by atoms with Gasteiger partial charge in [-0.05, 0) is 31.0 Å². The smallest absolute Gasteiger partial charge is 0.0960 e. The minimum absolute atomic E-state index is 0.239. The van der Waals surface area contributed by atoms with E-state index >= 15 is 0 Å². The maximum Gasteiger partial charge on any atom is 0.0960 e. The average molecular weight is 254 g/mol. The van der Waals surface area contributed by atoms with Crippen molar-refractivity contribution < 1.29 is 5.11 Å². The lowest BCUT2D eigenvalue weighted by Gasteiger charge is -2.12. The predicted octanol–water partition coefficient (Wildman–Crippen LogP) is 2.47. The van der Waals surface area contributed by atoms with Gasteiger partial charge in [-0.25, -0.2) is 4.98 Å². The standard InChI is InChI=1S/C13H22N2OS/c1-4-14-11(3)12-5-6-13(15-7-12)17-9-10(2)8-16/h5-7,10-11,14,16H,4,8-9H2,1-3H3. The summed E-state index contributed by atoms with van der Waals surface area (Å²) in [7, 11) is 0. The van der Waals surface area contributed by atoms with E-state index in [9.17, 15) is 0 Å². The second kappa shape index (κ2) is 7.69. The van der Waals surface area contributed by atoms with Gasteiger partial charge in [-0.3, -0.25) is 0 Å². The van der Waals surface area contributed by atoms with E-state index in [1.54, 1.807) is 11.8 Å². The highest BCUT2D eigenvalue weighted by molar-refractivity contribution is 7.99. The van der Waals surface area contributed by atoms with E-state index in [-0.39, 0.29) is 6.61 Å². The lowest BCUT2D eigenvalue weighted by atomic mass is 10.1. The van der Waals surface area contributed by atoms with Crippen LogP contribution in [0.1, 0.15) is 32.4 Å². The zero-order chi connectivity index (χ0) is 12.7. The number of aromatic nitrogens is 1. The molecule has 0 saturated carbocycles. The molecule has 0 radical (unpaired) electrons. The molecular weight excluding hydrogens is 232 g/mol. The quantitative estimate of drug-likeness (QED) is 0.734. The summed E-state index contributed by atoms with van der Waals surface area (Å²) in [6.45, 7) is 7.48. The summed E-state index contributed by atoms with van der Waals surface area (Å²) in [6.07, 6.45) is 1.93. The molecule has 0 aliphatic carbocycles. The third-order valence-corrected chi connectivity index (χ3v) is 3.87. The molecule has 0 aromatic carbocycles. The van der Waals surface area contributed by atoms with Crippen LogP contribution in [0.5, 0.6) is 0 Å². The van der Waals surface area contributed by atoms with Gasteiger partial charge in [0.2, 0.25) is 0 Å². The van der Waals surface area contributed by atoms with Gasteiger partial charge in [-0.2, -0.15) is 0 Å². The van der Waals surface area contributed by atoms with Crippen LogP contribution in [0.3, 0.4) is 0 Å². The van der Waals surface area contributed by atoms with Crippen LogP contribution < -0.4 is 5.32 Å². The number of aliphatic hydroxyl groups excluding tert-OH is 1. The summed E-state index contributed by atoms with van der Waals surface area (Å²) in [6, 6.07) is 4.52. The Kier molecular flexibility index (Phi) is 6.55. The van der Waals surface area contributed by atoms with Gasteiger partial charge in [0.05, 0.1) is 5.03 Å². The van der Waals surface area contributed by atoms with Gasteiger partial charge in [-0.1, -0.05) is 19.9 Å². The highest BCUT2D eigenvalue weighted by Gasteiger charge is 2.05. The van der Waals surface area contributed by atoms with Crippen LogP contribution in [0.25, 0.3) is 0 Å². The molecule has 2 N–H and O–H groups in total. The van der Waals surface area contributed by atoms with Crippen LogP contribution >= 0.6 is 11.8 Å². The molecule has 2 atom stereocenters. The number of hydrogen-bond acceptors (Lipinski definition) is 4. The van der Waals surface area contributed by atoms with E-state index in [0.29, 0.717) is 12.0 Å². The molecule has 1 heterocycles. The first kappa shape index (κ1) is 14.5. The number of rotatable bonds is 7. The molecule has 0 aliphatic heterocycles. The van der Waals surface area contributed by atoms with Gasteiger partial charge in [0.1, 0.15) is 0 Å². The van der Waals surface area contributed by atoms with Gasteiger partial charge in [0, 0.05) is 24.6 Å². The van der Waals surface area contributed by atoms with Crippen molar-refractivity contribution in [3.63, 3.8) is 0 Å². The number of pyridine rings is 1. The predicted molar refractivity (Wildman–Crippen MR) is 73.3 cm³/mol. The van der Waals surface area contributed by atoms with Gasteiger partial charge in [-0.15, -0.1) is 11.8 Å². The fraction of sp³-hybridized carbons (Fsp3) is 0.615. The van der Waals surface area contributed by atoms with Gasteiger partial charge in [0.25, 0.3) is 0 Å². The maximum atomic E-state index is 8.95. The lowest BCUT2D eigenvalue weighted by molar-refractivity contribution is 0.250. The number of nitrogens with zero attached hydrogens (tertiary/aromatic N) is 1. The molecule has 2 unspecified atom stereocenters. The zero-order valence-electron chi connectivity index (χ0n) is 10.8. The lowest BCUT2D eigenvalue weighted by Crippen LogP contribution is -2.17. The Bertz CT molecular complexity index is 316. The third-order valence-electron chi connectivity index (χ3n) is 2.60. The van der Waals surface area contributed by atoms with Gasteiger partial charge >= 0.3 is 0 Å². The molecule has 0 spiro atoms. The molecule has 3 nitrogen and oxygen atoms in total. The molecule has 1 rings (SSSR count). The first-order valence-electron chi connectivity index (χ1n) is 6.10. The highest BCUT2D eigenvalue weighted by atomic mass is 32.2. The maximum absolute atomic E-state index is 8.95. The van der Waals surface area contributed by atoms with E-state index in [1.807, 2.05) is 13.1 Å². The van der Waals surface area contributed by atoms with Crippen molar-refractivity contribution in [2.24, 2.45) is 5.92 Å². The molecule has 1 aromatic heterocycles. The van der Waals surface area contributed by atoms with E-state index in [0.717, 1.165) is 17.3 Å². The Morgan fingerprint density at radius 1 is 1.41 bits per heavy atom. The fourth-order valence-corrected chi connectivity index (χ4v) is 2.29. The molecule has 0 bridgehead atoms. The molecule has 0 fully saturated rings. The van der Waals surface area contributed by atoms with Crippen molar-refractivity contribution >= 4 is 11.8 Å². The molecule has 0 aliphatic rings. The molecule has 0 saturated heterocycles. The number of thioether (sulfide) groups is 1. The zero-order valence-corrected chi connectivity index (χ0v) is 11.6. The Balaban J connectivity index is 2.50. The molecular formula is C13H22N2OS. The van der Waals surface area contributed by atoms with Crippen molar-refractivity contribution in [3.8, 4) is 0 Å². The Morgan fingerprint density at radius 3 is 2.71 bits per heavy atom. The van der Waals surface area contributed by atoms with E-state index in [2.05, 4.69) is 36.3 Å². The summed E-state index contributed by atoms with van der Waals surface area (Å²) < 4.78 is 0.